The fourth-order valence-electron chi connectivity index (χ4n) is 6.10. The Hall–Kier alpha value is -4.59. The first kappa shape index (κ1) is 30.9. The summed E-state index contributed by atoms with van der Waals surface area (Å²) in [5.41, 5.74) is 1.87. The number of carbonyl (C=O) groups is 3. The maximum Gasteiger partial charge on any atom is 0.318 e. The Bertz CT molecular complexity index is 1620. The minimum atomic E-state index is -0.977. The fourth-order valence-corrected chi connectivity index (χ4v) is 6.64. The first-order valence-corrected chi connectivity index (χ1v) is 14.9. The van der Waals surface area contributed by atoms with Gasteiger partial charge in [0.25, 0.3) is 5.69 Å². The summed E-state index contributed by atoms with van der Waals surface area (Å²) in [7, 11) is 0. The molecule has 230 valence electrons. The quantitative estimate of drug-likeness (QED) is 0.220. The average Bonchev–Trinajstić information content (AvgIpc) is 2.97. The van der Waals surface area contributed by atoms with Crippen molar-refractivity contribution >= 4 is 44.8 Å². The number of ether oxygens (including phenoxy) is 2. The van der Waals surface area contributed by atoms with Crippen LogP contribution in [-0.2, 0) is 14.4 Å². The molecule has 0 spiro atoms. The number of carboxylic acids is 1. The van der Waals surface area contributed by atoms with Crippen LogP contribution in [0.4, 0.5) is 11.4 Å². The molecule has 2 aromatic carbocycles. The molecule has 0 amide bonds. The monoisotopic (exact) mass is 669 g/mol. The second-order valence-electron chi connectivity index (χ2n) is 10.5. The smallest absolute Gasteiger partial charge is 0.318 e. The minimum absolute atomic E-state index is 0.0693. The largest absolute Gasteiger partial charge is 0.490 e. The first-order valence-electron chi connectivity index (χ1n) is 14.1. The third kappa shape index (κ3) is 5.81. The molecule has 14 heteroatoms. The van der Waals surface area contributed by atoms with Gasteiger partial charge < -0.3 is 19.5 Å². The summed E-state index contributed by atoms with van der Waals surface area (Å²) in [5, 5.41) is 32.3. The van der Waals surface area contributed by atoms with Gasteiger partial charge in [-0.05, 0) is 72.3 Å². The highest BCUT2D eigenvalue weighted by Crippen LogP contribution is 2.52. The van der Waals surface area contributed by atoms with Crippen molar-refractivity contribution in [1.29, 1.82) is 0 Å². The highest BCUT2D eigenvalue weighted by atomic mass is 79.9. The number of benzene rings is 2. The molecule has 0 fully saturated rings. The number of ketones is 2. The highest BCUT2D eigenvalue weighted by molar-refractivity contribution is 9.10. The van der Waals surface area contributed by atoms with Gasteiger partial charge in [-0.15, -0.1) is 0 Å². The van der Waals surface area contributed by atoms with E-state index in [1.54, 1.807) is 19.1 Å². The maximum atomic E-state index is 13.5. The lowest BCUT2D eigenvalue weighted by atomic mass is 9.71. The topological polar surface area (TPSA) is 179 Å². The van der Waals surface area contributed by atoms with Crippen molar-refractivity contribution in [2.75, 3.05) is 13.2 Å². The van der Waals surface area contributed by atoms with Crippen LogP contribution in [-0.4, -0.2) is 50.5 Å². The van der Waals surface area contributed by atoms with Crippen LogP contribution in [0.2, 0.25) is 0 Å². The third-order valence-corrected chi connectivity index (χ3v) is 8.45. The molecule has 1 aliphatic heterocycles. The van der Waals surface area contributed by atoms with Gasteiger partial charge in [0.15, 0.2) is 23.1 Å². The Kier molecular flexibility index (Phi) is 8.81. The van der Waals surface area contributed by atoms with Crippen LogP contribution in [0.15, 0.2) is 57.3 Å². The second kappa shape index (κ2) is 12.6. The number of nitro benzene ring substituents is 2. The van der Waals surface area contributed by atoms with Gasteiger partial charge in [-0.2, -0.15) is 0 Å². The van der Waals surface area contributed by atoms with Gasteiger partial charge in [-0.3, -0.25) is 34.6 Å². The highest BCUT2D eigenvalue weighted by Gasteiger charge is 2.43. The lowest BCUT2D eigenvalue weighted by molar-refractivity contribution is -0.394. The lowest BCUT2D eigenvalue weighted by Gasteiger charge is -2.44. The van der Waals surface area contributed by atoms with Crippen molar-refractivity contribution in [3.05, 3.63) is 83.1 Å². The van der Waals surface area contributed by atoms with E-state index in [0.717, 1.165) is 29.6 Å². The number of allylic oxidation sites excluding steroid dienone is 4. The molecule has 0 atom stereocenters. The van der Waals surface area contributed by atoms with E-state index in [9.17, 15) is 39.7 Å². The first-order chi connectivity index (χ1) is 21.0. The number of carboxylic acid groups (broad SMARTS) is 1. The van der Waals surface area contributed by atoms with Gasteiger partial charge in [0.05, 0.1) is 33.4 Å². The van der Waals surface area contributed by atoms with E-state index in [1.165, 1.54) is 0 Å². The predicted molar refractivity (Wildman–Crippen MR) is 159 cm³/mol. The number of Topliss-reactive ketones (excluding diaryl/α,β-unsaturated/α-hetero) is 2. The van der Waals surface area contributed by atoms with Gasteiger partial charge in [0, 0.05) is 53.9 Å². The molecular formula is C30H28BrN3O10. The molecule has 0 saturated carbocycles. The van der Waals surface area contributed by atoms with Crippen LogP contribution >= 0.6 is 15.9 Å². The number of carbonyl (C=O) groups excluding carboxylic acids is 2. The van der Waals surface area contributed by atoms with Crippen LogP contribution < -0.4 is 9.47 Å². The van der Waals surface area contributed by atoms with Crippen molar-refractivity contribution in [1.82, 2.24) is 4.90 Å². The zero-order valence-corrected chi connectivity index (χ0v) is 25.3. The standard InChI is InChI=1S/C30H28BrN3O10/c1-2-43-25-14-16(13-18(31)30(25)44-24-10-9-17(33(39)40)15-21(24)34(41)42)27-28-19(5-3-7-22(28)35)32(12-11-26(37)38)20-6-4-8-23(36)29(20)27/h9-10,13-15,27H,2-8,11-12H2,1H3,(H,37,38). The zero-order chi connectivity index (χ0) is 31.7. The fraction of sp³-hybridized carbons (Fsp3) is 0.367. The van der Waals surface area contributed by atoms with E-state index < -0.39 is 33.1 Å². The van der Waals surface area contributed by atoms with Crippen LogP contribution in [0, 0.1) is 20.2 Å². The Morgan fingerprint density at radius 1 is 0.977 bits per heavy atom. The molecule has 1 N–H and O–H groups in total. The van der Waals surface area contributed by atoms with Crippen LogP contribution in [0.5, 0.6) is 17.2 Å². The summed E-state index contributed by atoms with van der Waals surface area (Å²) >= 11 is 3.49. The number of hydrogen-bond donors (Lipinski definition) is 1. The van der Waals surface area contributed by atoms with Crippen LogP contribution in [0.3, 0.4) is 0 Å². The van der Waals surface area contributed by atoms with E-state index in [1.807, 2.05) is 4.90 Å². The Labute approximate surface area is 259 Å². The van der Waals surface area contributed by atoms with Gasteiger partial charge in [-0.1, -0.05) is 0 Å². The predicted octanol–water partition coefficient (Wildman–Crippen LogP) is 6.34. The number of halogens is 1. The summed E-state index contributed by atoms with van der Waals surface area (Å²) in [4.78, 5) is 61.8. The molecule has 0 saturated heterocycles. The summed E-state index contributed by atoms with van der Waals surface area (Å²) < 4.78 is 12.1. The molecule has 0 radical (unpaired) electrons. The molecule has 2 aromatic rings. The SMILES string of the molecule is CCOc1cc(C2C3=C(CCCC3=O)N(CCC(=O)O)C3=C2C(=O)CCC3)cc(Br)c1Oc1ccc([N+](=O)[O-])cc1[N+](=O)[O-]. The van der Waals surface area contributed by atoms with Gasteiger partial charge in [-0.25, -0.2) is 0 Å². The minimum Gasteiger partial charge on any atom is -0.490 e. The Morgan fingerprint density at radius 2 is 1.61 bits per heavy atom. The average molecular weight is 670 g/mol. The number of rotatable bonds is 10. The molecule has 0 bridgehead atoms. The summed E-state index contributed by atoms with van der Waals surface area (Å²) in [6.07, 6.45) is 2.78. The van der Waals surface area contributed by atoms with E-state index in [-0.39, 0.29) is 48.4 Å². The lowest BCUT2D eigenvalue weighted by Crippen LogP contribution is -2.39. The van der Waals surface area contributed by atoms with E-state index in [2.05, 4.69) is 15.9 Å². The van der Waals surface area contributed by atoms with E-state index in [0.29, 0.717) is 59.7 Å². The van der Waals surface area contributed by atoms with Crippen molar-refractivity contribution in [3.63, 3.8) is 0 Å². The van der Waals surface area contributed by atoms with Crippen molar-refractivity contribution in [2.24, 2.45) is 0 Å². The van der Waals surface area contributed by atoms with Crippen LogP contribution in [0.25, 0.3) is 0 Å². The van der Waals surface area contributed by atoms with Crippen molar-refractivity contribution in [2.45, 2.75) is 57.8 Å². The molecular weight excluding hydrogens is 642 g/mol. The molecule has 13 nitrogen and oxygen atoms in total. The molecule has 2 aliphatic carbocycles. The molecule has 1 heterocycles. The number of nitrogens with zero attached hydrogens (tertiary/aromatic N) is 3. The number of nitro groups is 2. The van der Waals surface area contributed by atoms with Gasteiger partial charge in [0.1, 0.15) is 0 Å². The summed E-state index contributed by atoms with van der Waals surface area (Å²) in [5.74, 6) is -1.93. The summed E-state index contributed by atoms with van der Waals surface area (Å²) in [6, 6.07) is 6.34. The Balaban J connectivity index is 1.66. The Morgan fingerprint density at radius 3 is 2.16 bits per heavy atom. The van der Waals surface area contributed by atoms with Crippen molar-refractivity contribution in [3.8, 4) is 17.2 Å². The van der Waals surface area contributed by atoms with E-state index in [4.69, 9.17) is 9.47 Å². The number of aliphatic carboxylic acids is 1. The number of hydrogen-bond acceptors (Lipinski definition) is 10. The zero-order valence-electron chi connectivity index (χ0n) is 23.7. The normalized spacial score (nSPS) is 16.9. The molecule has 0 aromatic heterocycles. The number of non-ortho nitro benzene ring substituents is 1. The van der Waals surface area contributed by atoms with Gasteiger partial charge in [0.2, 0.25) is 5.75 Å². The maximum absolute atomic E-state index is 13.5. The van der Waals surface area contributed by atoms with Gasteiger partial charge >= 0.3 is 11.7 Å². The molecule has 44 heavy (non-hydrogen) atoms. The van der Waals surface area contributed by atoms with Crippen LogP contribution in [0.1, 0.15) is 63.4 Å². The second-order valence-corrected chi connectivity index (χ2v) is 11.4. The van der Waals surface area contributed by atoms with Crippen molar-refractivity contribution < 1.29 is 38.8 Å². The summed E-state index contributed by atoms with van der Waals surface area (Å²) in [6.45, 7) is 2.06. The third-order valence-electron chi connectivity index (χ3n) is 7.86. The molecule has 5 rings (SSSR count). The molecule has 0 unspecified atom stereocenters. The van der Waals surface area contributed by atoms with E-state index >= 15 is 0 Å². The molecule has 3 aliphatic rings.